The first-order chi connectivity index (χ1) is 14.7. The lowest BCUT2D eigenvalue weighted by molar-refractivity contribution is -0.137. The van der Waals surface area contributed by atoms with Crippen LogP contribution in [0.25, 0.3) is 0 Å². The number of anilines is 2. The van der Waals surface area contributed by atoms with Crippen LogP contribution in [0.5, 0.6) is 0 Å². The maximum atomic E-state index is 12.8. The number of alkyl halides is 3. The summed E-state index contributed by atoms with van der Waals surface area (Å²) >= 11 is 1.24. The van der Waals surface area contributed by atoms with Crippen molar-refractivity contribution in [2.45, 2.75) is 6.18 Å². The first kappa shape index (κ1) is 22.0. The molecule has 0 radical (unpaired) electrons. The number of carbonyl (C=O) groups excluding carboxylic acids is 3. The van der Waals surface area contributed by atoms with Gasteiger partial charge in [0.05, 0.1) is 17.0 Å². The van der Waals surface area contributed by atoms with Crippen molar-refractivity contribution in [1.82, 2.24) is 5.32 Å². The Labute approximate surface area is 179 Å². The molecule has 0 saturated carbocycles. The Balaban J connectivity index is 1.60. The molecule has 3 amide bonds. The molecule has 0 aliphatic carbocycles. The fraction of sp³-hybridized carbons (Fsp3) is 0.0952. The maximum absolute atomic E-state index is 12.8. The molecule has 0 atom stereocenters. The van der Waals surface area contributed by atoms with Gasteiger partial charge in [-0.1, -0.05) is 18.2 Å². The van der Waals surface area contributed by atoms with Crippen LogP contribution in [0, 0.1) is 0 Å². The van der Waals surface area contributed by atoms with Crippen molar-refractivity contribution in [1.29, 1.82) is 0 Å². The summed E-state index contributed by atoms with van der Waals surface area (Å²) in [6.45, 7) is -0.266. The van der Waals surface area contributed by atoms with E-state index in [2.05, 4.69) is 16.0 Å². The molecule has 160 valence electrons. The van der Waals surface area contributed by atoms with Crippen molar-refractivity contribution in [2.24, 2.45) is 0 Å². The van der Waals surface area contributed by atoms with E-state index in [4.69, 9.17) is 0 Å². The number of carbonyl (C=O) groups is 3. The fourth-order valence-corrected chi connectivity index (χ4v) is 3.22. The third-order valence-corrected chi connectivity index (χ3v) is 4.88. The molecule has 0 unspecified atom stereocenters. The van der Waals surface area contributed by atoms with Crippen molar-refractivity contribution >= 4 is 40.4 Å². The quantitative estimate of drug-likeness (QED) is 0.524. The smallest absolute Gasteiger partial charge is 0.342 e. The highest BCUT2D eigenvalue weighted by molar-refractivity contribution is 7.12. The van der Waals surface area contributed by atoms with Crippen LogP contribution in [0.15, 0.2) is 66.0 Å². The molecule has 3 aromatic rings. The number of hydrogen-bond acceptors (Lipinski definition) is 4. The first-order valence-corrected chi connectivity index (χ1v) is 9.80. The molecule has 2 aromatic carbocycles. The summed E-state index contributed by atoms with van der Waals surface area (Å²) in [7, 11) is 0. The molecule has 6 nitrogen and oxygen atoms in total. The van der Waals surface area contributed by atoms with Crippen LogP contribution in [0.4, 0.5) is 24.5 Å². The third-order valence-electron chi connectivity index (χ3n) is 4.01. The van der Waals surface area contributed by atoms with Crippen LogP contribution in [-0.4, -0.2) is 24.3 Å². The molecule has 0 aliphatic heterocycles. The molecule has 0 spiro atoms. The zero-order valence-electron chi connectivity index (χ0n) is 15.8. The largest absolute Gasteiger partial charge is 0.416 e. The highest BCUT2D eigenvalue weighted by atomic mass is 32.1. The normalized spacial score (nSPS) is 10.9. The van der Waals surface area contributed by atoms with Gasteiger partial charge >= 0.3 is 6.18 Å². The SMILES string of the molecule is O=C(CNC(=O)c1cccs1)Nc1cccc(C(=O)Nc2cccc(C(F)(F)F)c2)c1. The second-order valence-corrected chi connectivity index (χ2v) is 7.27. The van der Waals surface area contributed by atoms with Gasteiger partial charge in [0.2, 0.25) is 5.91 Å². The highest BCUT2D eigenvalue weighted by Gasteiger charge is 2.30. The summed E-state index contributed by atoms with van der Waals surface area (Å²) in [5.74, 6) is -1.51. The summed E-state index contributed by atoms with van der Waals surface area (Å²) in [5, 5.41) is 9.17. The zero-order valence-corrected chi connectivity index (χ0v) is 16.6. The van der Waals surface area contributed by atoms with Crippen molar-refractivity contribution in [3.8, 4) is 0 Å². The van der Waals surface area contributed by atoms with Gasteiger partial charge in [0.1, 0.15) is 0 Å². The van der Waals surface area contributed by atoms with Crippen LogP contribution in [0.1, 0.15) is 25.6 Å². The van der Waals surface area contributed by atoms with Crippen LogP contribution < -0.4 is 16.0 Å². The summed E-state index contributed by atoms with van der Waals surface area (Å²) in [6.07, 6.45) is -4.52. The number of amides is 3. The summed E-state index contributed by atoms with van der Waals surface area (Å²) < 4.78 is 38.5. The zero-order chi connectivity index (χ0) is 22.4. The average Bonchev–Trinajstić information content (AvgIpc) is 3.27. The van der Waals surface area contributed by atoms with Crippen LogP contribution >= 0.6 is 11.3 Å². The van der Waals surface area contributed by atoms with E-state index in [-0.39, 0.29) is 23.7 Å². The molecular weight excluding hydrogens is 431 g/mol. The predicted molar refractivity (Wildman–Crippen MR) is 111 cm³/mol. The minimum Gasteiger partial charge on any atom is -0.342 e. The number of hydrogen-bond donors (Lipinski definition) is 3. The topological polar surface area (TPSA) is 87.3 Å². The van der Waals surface area contributed by atoms with E-state index in [0.29, 0.717) is 10.6 Å². The number of benzene rings is 2. The van der Waals surface area contributed by atoms with E-state index >= 15 is 0 Å². The van der Waals surface area contributed by atoms with Crippen LogP contribution in [0.3, 0.4) is 0 Å². The minimum absolute atomic E-state index is 0.00875. The van der Waals surface area contributed by atoms with E-state index in [9.17, 15) is 27.6 Å². The fourth-order valence-electron chi connectivity index (χ4n) is 2.58. The van der Waals surface area contributed by atoms with Gasteiger partial charge < -0.3 is 16.0 Å². The Morgan fingerprint density at radius 3 is 2.23 bits per heavy atom. The van der Waals surface area contributed by atoms with Crippen LogP contribution in [0.2, 0.25) is 0 Å². The molecule has 31 heavy (non-hydrogen) atoms. The molecule has 0 aliphatic rings. The van der Waals surface area contributed by atoms with Crippen molar-refractivity contribution in [3.63, 3.8) is 0 Å². The molecule has 3 N–H and O–H groups in total. The third kappa shape index (κ3) is 6.16. The Bertz CT molecular complexity index is 1100. The first-order valence-electron chi connectivity index (χ1n) is 8.92. The van der Waals surface area contributed by atoms with Gasteiger partial charge in [-0.25, -0.2) is 0 Å². The molecule has 1 aromatic heterocycles. The summed E-state index contributed by atoms with van der Waals surface area (Å²) in [5.41, 5.74) is -0.452. The lowest BCUT2D eigenvalue weighted by atomic mass is 10.1. The molecule has 3 rings (SSSR count). The minimum atomic E-state index is -4.52. The average molecular weight is 447 g/mol. The van der Waals surface area contributed by atoms with E-state index in [1.807, 2.05) is 0 Å². The molecule has 0 bridgehead atoms. The lowest BCUT2D eigenvalue weighted by Crippen LogP contribution is -2.32. The van der Waals surface area contributed by atoms with Gasteiger partial charge in [-0.2, -0.15) is 13.2 Å². The summed E-state index contributed by atoms with van der Waals surface area (Å²) in [6, 6.07) is 13.5. The van der Waals surface area contributed by atoms with Gasteiger partial charge in [-0.15, -0.1) is 11.3 Å². The molecule has 0 fully saturated rings. The van der Waals surface area contributed by atoms with Crippen molar-refractivity contribution < 1.29 is 27.6 Å². The second-order valence-electron chi connectivity index (χ2n) is 6.32. The predicted octanol–water partition coefficient (Wildman–Crippen LogP) is 4.39. The van der Waals surface area contributed by atoms with Gasteiger partial charge in [0, 0.05) is 16.9 Å². The molecule has 10 heteroatoms. The van der Waals surface area contributed by atoms with Gasteiger partial charge in [-0.3, -0.25) is 14.4 Å². The number of nitrogens with one attached hydrogen (secondary N) is 3. The Morgan fingerprint density at radius 1 is 0.839 bits per heavy atom. The summed E-state index contributed by atoms with van der Waals surface area (Å²) in [4.78, 5) is 36.8. The number of thiophene rings is 1. The molecule has 0 saturated heterocycles. The van der Waals surface area contributed by atoms with E-state index in [1.54, 1.807) is 23.6 Å². The second kappa shape index (κ2) is 9.43. The van der Waals surface area contributed by atoms with Gasteiger partial charge in [0.25, 0.3) is 11.8 Å². The van der Waals surface area contributed by atoms with E-state index < -0.39 is 23.6 Å². The Kier molecular flexibility index (Phi) is 6.71. The number of rotatable bonds is 6. The van der Waals surface area contributed by atoms with Gasteiger partial charge in [-0.05, 0) is 47.8 Å². The maximum Gasteiger partial charge on any atom is 0.416 e. The standard InChI is InChI=1S/C21H16F3N3O3S/c22-21(23,24)14-5-2-7-16(11-14)27-19(29)13-4-1-6-15(10-13)26-18(28)12-25-20(30)17-8-3-9-31-17/h1-11H,12H2,(H,25,30)(H,26,28)(H,27,29). The number of halogens is 3. The highest BCUT2D eigenvalue weighted by Crippen LogP contribution is 2.30. The monoisotopic (exact) mass is 447 g/mol. The molecular formula is C21H16F3N3O3S. The molecule has 1 heterocycles. The van der Waals surface area contributed by atoms with Crippen molar-refractivity contribution in [3.05, 3.63) is 82.0 Å². The Morgan fingerprint density at radius 2 is 1.55 bits per heavy atom. The van der Waals surface area contributed by atoms with Gasteiger partial charge in [0.15, 0.2) is 0 Å². The lowest BCUT2D eigenvalue weighted by Gasteiger charge is -2.11. The van der Waals surface area contributed by atoms with E-state index in [0.717, 1.165) is 12.1 Å². The Hall–Kier alpha value is -3.66. The van der Waals surface area contributed by atoms with E-state index in [1.165, 1.54) is 41.7 Å². The van der Waals surface area contributed by atoms with Crippen molar-refractivity contribution in [2.75, 3.05) is 17.2 Å². The van der Waals surface area contributed by atoms with Crippen LogP contribution in [-0.2, 0) is 11.0 Å².